The number of hydrogen-bond acceptors (Lipinski definition) is 4. The normalized spacial score (nSPS) is 12.2. The maximum atomic E-state index is 12.1. The predicted molar refractivity (Wildman–Crippen MR) is 70.7 cm³/mol. The van der Waals surface area contributed by atoms with Crippen LogP contribution in [-0.4, -0.2) is 28.8 Å². The number of aliphatic hydroxyl groups is 1. The molecule has 19 heavy (non-hydrogen) atoms. The Hall–Kier alpha value is -2.14. The molecule has 0 spiro atoms. The van der Waals surface area contributed by atoms with E-state index in [2.05, 4.69) is 10.5 Å². The first kappa shape index (κ1) is 13.3. The van der Waals surface area contributed by atoms with Crippen molar-refractivity contribution in [3.63, 3.8) is 0 Å². The van der Waals surface area contributed by atoms with Crippen LogP contribution in [0, 0.1) is 6.92 Å². The Morgan fingerprint density at radius 2 is 2.11 bits per heavy atom. The van der Waals surface area contributed by atoms with Crippen molar-refractivity contribution < 1.29 is 14.4 Å². The van der Waals surface area contributed by atoms with Crippen molar-refractivity contribution in [1.82, 2.24) is 10.5 Å². The molecular weight excluding hydrogens is 244 g/mol. The van der Waals surface area contributed by atoms with Gasteiger partial charge in [0.15, 0.2) is 0 Å². The molecule has 0 bridgehead atoms. The Labute approximate surface area is 111 Å². The standard InChI is InChI=1S/C14H16N2O3/c1-9(17)8-15-14(18)12-10(2)19-16-13(12)11-6-4-3-5-7-11/h3-7,9,17H,8H2,1-2H3,(H,15,18). The number of nitrogens with zero attached hydrogens (tertiary/aromatic N) is 1. The summed E-state index contributed by atoms with van der Waals surface area (Å²) in [6, 6.07) is 9.36. The first-order valence-corrected chi connectivity index (χ1v) is 6.07. The molecule has 0 aliphatic carbocycles. The monoisotopic (exact) mass is 260 g/mol. The molecule has 5 nitrogen and oxygen atoms in total. The molecule has 100 valence electrons. The third-order valence-corrected chi connectivity index (χ3v) is 2.70. The second-order valence-corrected chi connectivity index (χ2v) is 4.39. The molecule has 0 aliphatic rings. The lowest BCUT2D eigenvalue weighted by molar-refractivity contribution is 0.0923. The first-order chi connectivity index (χ1) is 9.09. The number of benzene rings is 1. The Morgan fingerprint density at radius 1 is 1.42 bits per heavy atom. The van der Waals surface area contributed by atoms with Gasteiger partial charge in [0.25, 0.3) is 5.91 Å². The van der Waals surface area contributed by atoms with E-state index >= 15 is 0 Å². The lowest BCUT2D eigenvalue weighted by atomic mass is 10.1. The van der Waals surface area contributed by atoms with Gasteiger partial charge in [-0.25, -0.2) is 0 Å². The van der Waals surface area contributed by atoms with Crippen molar-refractivity contribution in [2.24, 2.45) is 0 Å². The number of aromatic nitrogens is 1. The topological polar surface area (TPSA) is 75.4 Å². The van der Waals surface area contributed by atoms with Crippen molar-refractivity contribution >= 4 is 5.91 Å². The summed E-state index contributed by atoms with van der Waals surface area (Å²) in [5.41, 5.74) is 1.74. The summed E-state index contributed by atoms with van der Waals surface area (Å²) < 4.78 is 5.10. The number of hydrogen-bond donors (Lipinski definition) is 2. The zero-order chi connectivity index (χ0) is 13.8. The van der Waals surface area contributed by atoms with Gasteiger partial charge in [-0.2, -0.15) is 0 Å². The number of carbonyl (C=O) groups excluding carboxylic acids is 1. The van der Waals surface area contributed by atoms with Gasteiger partial charge in [-0.3, -0.25) is 4.79 Å². The van der Waals surface area contributed by atoms with Crippen molar-refractivity contribution in [2.75, 3.05) is 6.54 Å². The third kappa shape index (κ3) is 3.00. The minimum Gasteiger partial charge on any atom is -0.392 e. The van der Waals surface area contributed by atoms with Gasteiger partial charge >= 0.3 is 0 Å². The highest BCUT2D eigenvalue weighted by atomic mass is 16.5. The maximum Gasteiger partial charge on any atom is 0.257 e. The van der Waals surface area contributed by atoms with Crippen molar-refractivity contribution in [3.05, 3.63) is 41.7 Å². The van der Waals surface area contributed by atoms with Crippen LogP contribution in [0.4, 0.5) is 0 Å². The van der Waals surface area contributed by atoms with Crippen LogP contribution in [0.1, 0.15) is 23.0 Å². The molecule has 2 aromatic rings. The molecule has 2 N–H and O–H groups in total. The number of aliphatic hydroxyl groups excluding tert-OH is 1. The zero-order valence-electron chi connectivity index (χ0n) is 10.9. The molecule has 5 heteroatoms. The summed E-state index contributed by atoms with van der Waals surface area (Å²) in [7, 11) is 0. The molecule has 2 rings (SSSR count). The van der Waals surface area contributed by atoms with Gasteiger partial charge < -0.3 is 14.9 Å². The largest absolute Gasteiger partial charge is 0.392 e. The lowest BCUT2D eigenvalue weighted by Crippen LogP contribution is -2.31. The smallest absolute Gasteiger partial charge is 0.257 e. The molecule has 0 aliphatic heterocycles. The van der Waals surface area contributed by atoms with Crippen molar-refractivity contribution in [1.29, 1.82) is 0 Å². The van der Waals surface area contributed by atoms with Crippen LogP contribution in [0.2, 0.25) is 0 Å². The summed E-state index contributed by atoms with van der Waals surface area (Å²) in [5.74, 6) is 0.167. The highest BCUT2D eigenvalue weighted by molar-refractivity contribution is 6.00. The SMILES string of the molecule is Cc1onc(-c2ccccc2)c1C(=O)NCC(C)O. The molecule has 1 aromatic heterocycles. The molecule has 1 heterocycles. The second-order valence-electron chi connectivity index (χ2n) is 4.39. The minimum atomic E-state index is -0.593. The van der Waals surface area contributed by atoms with Crippen LogP contribution in [-0.2, 0) is 0 Å². The van der Waals surface area contributed by atoms with Crippen LogP contribution >= 0.6 is 0 Å². The van der Waals surface area contributed by atoms with E-state index in [1.165, 1.54) is 0 Å². The van der Waals surface area contributed by atoms with Gasteiger partial charge in [0, 0.05) is 12.1 Å². The molecule has 0 radical (unpaired) electrons. The Bertz CT molecular complexity index is 561. The number of amides is 1. The number of nitrogens with one attached hydrogen (secondary N) is 1. The highest BCUT2D eigenvalue weighted by Crippen LogP contribution is 2.24. The fourth-order valence-electron chi connectivity index (χ4n) is 1.76. The van der Waals surface area contributed by atoms with Crippen LogP contribution < -0.4 is 5.32 Å². The van der Waals surface area contributed by atoms with E-state index in [0.29, 0.717) is 17.0 Å². The fourth-order valence-corrected chi connectivity index (χ4v) is 1.76. The van der Waals surface area contributed by atoms with Gasteiger partial charge in [0.1, 0.15) is 17.0 Å². The predicted octanol–water partition coefficient (Wildman–Crippen LogP) is 1.76. The molecule has 1 amide bonds. The molecule has 1 unspecified atom stereocenters. The van der Waals surface area contributed by atoms with Gasteiger partial charge in [-0.05, 0) is 13.8 Å². The van der Waals surface area contributed by atoms with Crippen LogP contribution in [0.3, 0.4) is 0 Å². The van der Waals surface area contributed by atoms with E-state index in [0.717, 1.165) is 5.56 Å². The fraction of sp³-hybridized carbons (Fsp3) is 0.286. The van der Waals surface area contributed by atoms with E-state index in [1.54, 1.807) is 13.8 Å². The molecular formula is C14H16N2O3. The third-order valence-electron chi connectivity index (χ3n) is 2.70. The molecule has 1 atom stereocenters. The van der Waals surface area contributed by atoms with Crippen LogP contribution in [0.5, 0.6) is 0 Å². The average Bonchev–Trinajstić information content (AvgIpc) is 2.79. The van der Waals surface area contributed by atoms with Gasteiger partial charge in [0.05, 0.1) is 6.10 Å². The molecule has 0 saturated heterocycles. The van der Waals surface area contributed by atoms with Crippen molar-refractivity contribution in [2.45, 2.75) is 20.0 Å². The minimum absolute atomic E-state index is 0.192. The zero-order valence-corrected chi connectivity index (χ0v) is 10.9. The summed E-state index contributed by atoms with van der Waals surface area (Å²) in [6.07, 6.45) is -0.593. The Balaban J connectivity index is 2.30. The quantitative estimate of drug-likeness (QED) is 0.878. The average molecular weight is 260 g/mol. The molecule has 0 saturated carbocycles. The Kier molecular flexibility index (Phi) is 3.97. The van der Waals surface area contributed by atoms with Gasteiger partial charge in [-0.15, -0.1) is 0 Å². The summed E-state index contributed by atoms with van der Waals surface area (Å²) in [6.45, 7) is 3.49. The number of aryl methyl sites for hydroxylation is 1. The van der Waals surface area contributed by atoms with E-state index in [4.69, 9.17) is 4.52 Å². The van der Waals surface area contributed by atoms with Crippen molar-refractivity contribution in [3.8, 4) is 11.3 Å². The lowest BCUT2D eigenvalue weighted by Gasteiger charge is -2.07. The van der Waals surface area contributed by atoms with Crippen LogP contribution in [0.15, 0.2) is 34.9 Å². The van der Waals surface area contributed by atoms with E-state index < -0.39 is 6.10 Å². The molecule has 1 aromatic carbocycles. The van der Waals surface area contributed by atoms with Crippen LogP contribution in [0.25, 0.3) is 11.3 Å². The maximum absolute atomic E-state index is 12.1. The second kappa shape index (κ2) is 5.67. The molecule has 0 fully saturated rings. The number of carbonyl (C=O) groups is 1. The van der Waals surface area contributed by atoms with E-state index in [-0.39, 0.29) is 12.5 Å². The highest BCUT2D eigenvalue weighted by Gasteiger charge is 2.21. The Morgan fingerprint density at radius 3 is 2.74 bits per heavy atom. The summed E-state index contributed by atoms with van der Waals surface area (Å²) >= 11 is 0. The van der Waals surface area contributed by atoms with E-state index in [1.807, 2.05) is 30.3 Å². The first-order valence-electron chi connectivity index (χ1n) is 6.07. The van der Waals surface area contributed by atoms with Gasteiger partial charge in [0.2, 0.25) is 0 Å². The summed E-state index contributed by atoms with van der Waals surface area (Å²) in [4.78, 5) is 12.1. The summed E-state index contributed by atoms with van der Waals surface area (Å²) in [5, 5.41) is 15.8. The van der Waals surface area contributed by atoms with E-state index in [9.17, 15) is 9.90 Å². The number of rotatable bonds is 4. The van der Waals surface area contributed by atoms with Gasteiger partial charge in [-0.1, -0.05) is 35.5 Å².